The van der Waals surface area contributed by atoms with Gasteiger partial charge < -0.3 is 9.47 Å². The molecule has 92 valence electrons. The van der Waals surface area contributed by atoms with Crippen molar-refractivity contribution in [2.45, 2.75) is 39.7 Å². The van der Waals surface area contributed by atoms with Crippen molar-refractivity contribution in [1.29, 1.82) is 0 Å². The van der Waals surface area contributed by atoms with Crippen LogP contribution < -0.4 is 0 Å². The van der Waals surface area contributed by atoms with Crippen molar-refractivity contribution >= 4 is 11.8 Å². The van der Waals surface area contributed by atoms with E-state index in [4.69, 9.17) is 9.47 Å². The van der Waals surface area contributed by atoms with Crippen LogP contribution in [0, 0.1) is 11.3 Å². The lowest BCUT2D eigenvalue weighted by atomic mass is 9.84. The fourth-order valence-electron chi connectivity index (χ4n) is 1.68. The molecule has 0 aliphatic heterocycles. The van der Waals surface area contributed by atoms with Gasteiger partial charge in [-0.05, 0) is 39.5 Å². The molecule has 0 saturated heterocycles. The number of hydrogen-bond acceptors (Lipinski definition) is 4. The zero-order chi connectivity index (χ0) is 12.3. The molecule has 0 aromatic heterocycles. The van der Waals surface area contributed by atoms with Crippen LogP contribution in [0.15, 0.2) is 0 Å². The summed E-state index contributed by atoms with van der Waals surface area (Å²) in [6, 6.07) is 0. The van der Waals surface area contributed by atoms with Gasteiger partial charge >= 0.3 is 5.97 Å². The number of carbonyl (C=O) groups excluding carboxylic acids is 2. The molecule has 0 amide bonds. The molecule has 0 aromatic rings. The van der Waals surface area contributed by atoms with E-state index >= 15 is 0 Å². The minimum absolute atomic E-state index is 0.170. The molecule has 1 aliphatic carbocycles. The second kappa shape index (κ2) is 4.95. The van der Waals surface area contributed by atoms with Gasteiger partial charge in [-0.25, -0.2) is 0 Å². The molecule has 0 heterocycles. The van der Waals surface area contributed by atoms with Gasteiger partial charge in [-0.2, -0.15) is 0 Å². The number of rotatable bonds is 6. The van der Waals surface area contributed by atoms with Crippen LogP contribution in [0.1, 0.15) is 33.6 Å². The van der Waals surface area contributed by atoms with Crippen LogP contribution >= 0.6 is 0 Å². The van der Waals surface area contributed by atoms with E-state index < -0.39 is 17.5 Å². The summed E-state index contributed by atoms with van der Waals surface area (Å²) < 4.78 is 10.1. The second-order valence-corrected chi connectivity index (χ2v) is 4.70. The summed E-state index contributed by atoms with van der Waals surface area (Å²) in [5.74, 6) is -0.357. The van der Waals surface area contributed by atoms with Crippen molar-refractivity contribution in [3.8, 4) is 0 Å². The minimum atomic E-state index is -1.11. The molecule has 0 radical (unpaired) electrons. The lowest BCUT2D eigenvalue weighted by Gasteiger charge is -2.25. The fraction of sp³-hybridized carbons (Fsp3) is 0.833. The van der Waals surface area contributed by atoms with E-state index in [1.165, 1.54) is 7.11 Å². The average molecular weight is 228 g/mol. The molecule has 1 rings (SSSR count). The van der Waals surface area contributed by atoms with Crippen LogP contribution in [0.4, 0.5) is 0 Å². The van der Waals surface area contributed by atoms with Gasteiger partial charge in [-0.15, -0.1) is 0 Å². The number of ketones is 1. The van der Waals surface area contributed by atoms with E-state index in [9.17, 15) is 9.59 Å². The topological polar surface area (TPSA) is 52.6 Å². The lowest BCUT2D eigenvalue weighted by Crippen LogP contribution is -2.43. The summed E-state index contributed by atoms with van der Waals surface area (Å²) in [5.41, 5.74) is -1.11. The fourth-order valence-corrected chi connectivity index (χ4v) is 1.68. The highest BCUT2D eigenvalue weighted by Gasteiger charge is 2.46. The van der Waals surface area contributed by atoms with Gasteiger partial charge in [-0.3, -0.25) is 9.59 Å². The number of ether oxygens (including phenoxy) is 2. The molecule has 1 saturated carbocycles. The van der Waals surface area contributed by atoms with Gasteiger partial charge in [0.25, 0.3) is 0 Å². The summed E-state index contributed by atoms with van der Waals surface area (Å²) in [6.45, 7) is 5.22. The molecular weight excluding hydrogens is 208 g/mol. The molecule has 16 heavy (non-hydrogen) atoms. The highest BCUT2D eigenvalue weighted by Crippen LogP contribution is 2.37. The molecule has 1 fully saturated rings. The van der Waals surface area contributed by atoms with Gasteiger partial charge in [0.1, 0.15) is 11.5 Å². The maximum absolute atomic E-state index is 12.2. The Morgan fingerprint density at radius 3 is 2.31 bits per heavy atom. The Kier molecular flexibility index (Phi) is 4.08. The van der Waals surface area contributed by atoms with Gasteiger partial charge in [0.05, 0.1) is 6.61 Å². The Bertz CT molecular complexity index is 279. The van der Waals surface area contributed by atoms with E-state index in [2.05, 4.69) is 0 Å². The van der Waals surface area contributed by atoms with Gasteiger partial charge in [0, 0.05) is 7.11 Å². The molecule has 4 nitrogen and oxygen atoms in total. The average Bonchev–Trinajstić information content (AvgIpc) is 3.03. The third-order valence-electron chi connectivity index (χ3n) is 2.96. The Balaban J connectivity index is 2.72. The first-order valence-electron chi connectivity index (χ1n) is 5.69. The molecule has 1 atom stereocenters. The second-order valence-electron chi connectivity index (χ2n) is 4.70. The smallest absolute Gasteiger partial charge is 0.319 e. The van der Waals surface area contributed by atoms with Crippen LogP contribution in [0.3, 0.4) is 0 Å². The zero-order valence-electron chi connectivity index (χ0n) is 10.4. The van der Waals surface area contributed by atoms with Crippen molar-refractivity contribution in [2.24, 2.45) is 11.3 Å². The van der Waals surface area contributed by atoms with Crippen molar-refractivity contribution in [3.05, 3.63) is 0 Å². The lowest BCUT2D eigenvalue weighted by molar-refractivity contribution is -0.161. The van der Waals surface area contributed by atoms with Crippen LogP contribution in [-0.4, -0.2) is 31.6 Å². The minimum Gasteiger partial charge on any atom is -0.465 e. The summed E-state index contributed by atoms with van der Waals surface area (Å²) in [5, 5.41) is 0. The number of hydrogen-bond donors (Lipinski definition) is 0. The van der Waals surface area contributed by atoms with E-state index in [-0.39, 0.29) is 18.3 Å². The van der Waals surface area contributed by atoms with Crippen molar-refractivity contribution < 1.29 is 19.1 Å². The van der Waals surface area contributed by atoms with Crippen LogP contribution in [-0.2, 0) is 19.1 Å². The maximum atomic E-state index is 12.2. The summed E-state index contributed by atoms with van der Waals surface area (Å²) in [7, 11) is 1.52. The molecule has 0 bridgehead atoms. The van der Waals surface area contributed by atoms with E-state index in [0.29, 0.717) is 0 Å². The number of methoxy groups -OCH3 is 1. The van der Waals surface area contributed by atoms with Crippen LogP contribution in [0.5, 0.6) is 0 Å². The molecule has 1 aliphatic rings. The Morgan fingerprint density at radius 2 is 1.94 bits per heavy atom. The third-order valence-corrected chi connectivity index (χ3v) is 2.96. The number of esters is 1. The van der Waals surface area contributed by atoms with Crippen molar-refractivity contribution in [3.63, 3.8) is 0 Å². The maximum Gasteiger partial charge on any atom is 0.319 e. The number of carbonyl (C=O) groups is 2. The Labute approximate surface area is 96.3 Å². The van der Waals surface area contributed by atoms with Crippen LogP contribution in [0.2, 0.25) is 0 Å². The Hall–Kier alpha value is -0.900. The van der Waals surface area contributed by atoms with Crippen molar-refractivity contribution in [2.75, 3.05) is 13.7 Å². The number of Topliss-reactive ketones (excluding diaryl/α,β-unsaturated/α-hetero) is 1. The van der Waals surface area contributed by atoms with Gasteiger partial charge in [-0.1, -0.05) is 0 Å². The van der Waals surface area contributed by atoms with Crippen molar-refractivity contribution in [1.82, 2.24) is 0 Å². The predicted molar refractivity (Wildman–Crippen MR) is 58.9 cm³/mol. The van der Waals surface area contributed by atoms with E-state index in [1.807, 2.05) is 0 Å². The quantitative estimate of drug-likeness (QED) is 0.511. The van der Waals surface area contributed by atoms with E-state index in [0.717, 1.165) is 12.8 Å². The first-order chi connectivity index (χ1) is 7.45. The zero-order valence-corrected chi connectivity index (χ0v) is 10.4. The molecule has 0 N–H and O–H groups in total. The monoisotopic (exact) mass is 228 g/mol. The molecular formula is C12H20O4. The van der Waals surface area contributed by atoms with Gasteiger partial charge in [0.15, 0.2) is 5.78 Å². The predicted octanol–water partition coefficient (Wildman–Crippen LogP) is 1.57. The summed E-state index contributed by atoms with van der Waals surface area (Å²) in [4.78, 5) is 23.8. The first-order valence-corrected chi connectivity index (χ1v) is 5.69. The molecule has 4 heteroatoms. The van der Waals surface area contributed by atoms with Gasteiger partial charge in [0.2, 0.25) is 0 Å². The standard InChI is InChI=1S/C12H20O4/c1-5-16-11(14)12(2,3)10(13)9(15-4)8-6-7-8/h8-9H,5-7H2,1-4H3. The molecule has 0 aromatic carbocycles. The molecule has 1 unspecified atom stereocenters. The highest BCUT2D eigenvalue weighted by molar-refractivity contribution is 6.05. The first kappa shape index (κ1) is 13.2. The third kappa shape index (κ3) is 2.61. The van der Waals surface area contributed by atoms with Crippen LogP contribution in [0.25, 0.3) is 0 Å². The SMILES string of the molecule is CCOC(=O)C(C)(C)C(=O)C(OC)C1CC1. The normalized spacial score (nSPS) is 18.0. The van der Waals surface area contributed by atoms with E-state index in [1.54, 1.807) is 20.8 Å². The largest absolute Gasteiger partial charge is 0.465 e. The Morgan fingerprint density at radius 1 is 1.38 bits per heavy atom. The summed E-state index contributed by atoms with van der Waals surface area (Å²) in [6.07, 6.45) is 1.55. The molecule has 0 spiro atoms. The summed E-state index contributed by atoms with van der Waals surface area (Å²) >= 11 is 0. The highest BCUT2D eigenvalue weighted by atomic mass is 16.5.